The van der Waals surface area contributed by atoms with Crippen LogP contribution in [0.4, 0.5) is 5.82 Å². The topological polar surface area (TPSA) is 71.8 Å². The fraction of sp³-hybridized carbons (Fsp3) is 0.556. The van der Waals surface area contributed by atoms with Gasteiger partial charge in [-0.1, -0.05) is 13.3 Å². The zero-order valence-corrected chi connectivity index (χ0v) is 9.06. The Balaban J connectivity index is 3.18. The number of aromatic amines is 1. The van der Waals surface area contributed by atoms with Gasteiger partial charge in [-0.05, 0) is 13.3 Å². The minimum absolute atomic E-state index is 0.179. The summed E-state index contributed by atoms with van der Waals surface area (Å²) in [6, 6.07) is 0. The van der Waals surface area contributed by atoms with Crippen LogP contribution >= 0.6 is 11.6 Å². The number of nitrogen functional groups attached to an aromatic ring is 1. The van der Waals surface area contributed by atoms with Gasteiger partial charge in [0.1, 0.15) is 11.6 Å². The maximum atomic E-state index is 11.5. The number of alkyl halides is 1. The molecule has 0 aromatic carbocycles. The number of anilines is 1. The van der Waals surface area contributed by atoms with Gasteiger partial charge in [-0.3, -0.25) is 4.79 Å². The summed E-state index contributed by atoms with van der Waals surface area (Å²) in [6.45, 7) is 3.72. The number of nitrogens with two attached hydrogens (primary N) is 1. The zero-order valence-electron chi connectivity index (χ0n) is 8.30. The van der Waals surface area contributed by atoms with Crippen LogP contribution in [0, 0.1) is 0 Å². The van der Waals surface area contributed by atoms with Crippen LogP contribution in [0.5, 0.6) is 0 Å². The Kier molecular flexibility index (Phi) is 3.52. The molecule has 0 saturated heterocycles. The Morgan fingerprint density at radius 2 is 2.29 bits per heavy atom. The largest absolute Gasteiger partial charge is 0.383 e. The number of hydrogen-bond donors (Lipinski definition) is 2. The summed E-state index contributed by atoms with van der Waals surface area (Å²) < 4.78 is 0. The predicted molar refractivity (Wildman–Crippen MR) is 57.5 cm³/mol. The summed E-state index contributed by atoms with van der Waals surface area (Å²) in [7, 11) is 0. The molecule has 1 aromatic rings. The molecule has 1 rings (SSSR count). The molecule has 0 aliphatic heterocycles. The van der Waals surface area contributed by atoms with Gasteiger partial charge < -0.3 is 10.7 Å². The number of hydrogen-bond acceptors (Lipinski definition) is 3. The van der Waals surface area contributed by atoms with Gasteiger partial charge in [-0.25, -0.2) is 4.98 Å². The third-order valence-electron chi connectivity index (χ3n) is 1.94. The Hall–Kier alpha value is -1.03. The average Bonchev–Trinajstić information content (AvgIpc) is 2.10. The van der Waals surface area contributed by atoms with Gasteiger partial charge in [-0.2, -0.15) is 0 Å². The average molecular weight is 216 g/mol. The molecule has 1 unspecified atom stereocenters. The van der Waals surface area contributed by atoms with E-state index in [-0.39, 0.29) is 16.8 Å². The molecule has 0 aliphatic rings. The molecule has 0 bridgehead atoms. The fourth-order valence-electron chi connectivity index (χ4n) is 1.21. The molecule has 0 radical (unpaired) electrons. The van der Waals surface area contributed by atoms with Gasteiger partial charge in [-0.15, -0.1) is 11.6 Å². The van der Waals surface area contributed by atoms with Crippen LogP contribution in [0.2, 0.25) is 0 Å². The third-order valence-corrected chi connectivity index (χ3v) is 2.15. The highest BCUT2D eigenvalue weighted by molar-refractivity contribution is 6.20. The van der Waals surface area contributed by atoms with Crippen LogP contribution in [-0.2, 0) is 6.42 Å². The van der Waals surface area contributed by atoms with E-state index in [0.29, 0.717) is 17.8 Å². The van der Waals surface area contributed by atoms with E-state index in [2.05, 4.69) is 9.97 Å². The molecule has 5 heteroatoms. The van der Waals surface area contributed by atoms with Gasteiger partial charge in [0.25, 0.3) is 5.56 Å². The molecule has 0 saturated carbocycles. The first-order chi connectivity index (χ1) is 6.56. The molecule has 0 fully saturated rings. The van der Waals surface area contributed by atoms with Crippen LogP contribution in [0.3, 0.4) is 0 Å². The molecule has 3 N–H and O–H groups in total. The van der Waals surface area contributed by atoms with E-state index in [0.717, 1.165) is 6.42 Å². The normalized spacial score (nSPS) is 12.8. The number of aromatic nitrogens is 2. The van der Waals surface area contributed by atoms with Crippen molar-refractivity contribution in [3.63, 3.8) is 0 Å². The van der Waals surface area contributed by atoms with Gasteiger partial charge in [0.05, 0.1) is 10.9 Å². The number of nitrogens with zero attached hydrogens (tertiary/aromatic N) is 1. The van der Waals surface area contributed by atoms with Gasteiger partial charge in [0, 0.05) is 0 Å². The number of H-pyrrole nitrogens is 1. The van der Waals surface area contributed by atoms with E-state index in [4.69, 9.17) is 17.3 Å². The van der Waals surface area contributed by atoms with Crippen molar-refractivity contribution in [2.75, 3.05) is 5.73 Å². The highest BCUT2D eigenvalue weighted by atomic mass is 35.5. The highest BCUT2D eigenvalue weighted by Crippen LogP contribution is 2.15. The Bertz CT molecular complexity index is 373. The van der Waals surface area contributed by atoms with E-state index in [1.807, 2.05) is 6.92 Å². The monoisotopic (exact) mass is 215 g/mol. The minimum atomic E-state index is -0.333. The summed E-state index contributed by atoms with van der Waals surface area (Å²) in [5.41, 5.74) is 6.03. The van der Waals surface area contributed by atoms with Crippen LogP contribution in [0.1, 0.15) is 37.0 Å². The summed E-state index contributed by atoms with van der Waals surface area (Å²) in [4.78, 5) is 18.2. The predicted octanol–water partition coefficient (Wildman–Crippen LogP) is 1.60. The second kappa shape index (κ2) is 4.46. The molecule has 1 aromatic heterocycles. The van der Waals surface area contributed by atoms with Crippen LogP contribution in [0.25, 0.3) is 0 Å². The number of rotatable bonds is 3. The second-order valence-electron chi connectivity index (χ2n) is 3.18. The maximum Gasteiger partial charge on any atom is 0.256 e. The molecule has 0 aliphatic carbocycles. The molecule has 1 atom stereocenters. The molecule has 14 heavy (non-hydrogen) atoms. The molecular weight excluding hydrogens is 202 g/mol. The van der Waals surface area contributed by atoms with E-state index in [9.17, 15) is 4.79 Å². The SMILES string of the molecule is CCCc1c(N)nc(C(C)Cl)[nH]c1=O. The van der Waals surface area contributed by atoms with E-state index in [1.54, 1.807) is 6.92 Å². The first-order valence-corrected chi connectivity index (χ1v) is 5.02. The standard InChI is InChI=1S/C9H14ClN3O/c1-3-4-6-7(11)12-8(5(2)10)13-9(6)14/h5H,3-4H2,1-2H3,(H3,11,12,13,14). The number of halogens is 1. The quantitative estimate of drug-likeness (QED) is 0.753. The summed E-state index contributed by atoms with van der Waals surface area (Å²) >= 11 is 5.79. The molecule has 78 valence electrons. The van der Waals surface area contributed by atoms with Gasteiger partial charge >= 0.3 is 0 Å². The van der Waals surface area contributed by atoms with E-state index in [1.165, 1.54) is 0 Å². The maximum absolute atomic E-state index is 11.5. The van der Waals surface area contributed by atoms with Crippen molar-refractivity contribution in [2.45, 2.75) is 32.1 Å². The first kappa shape index (κ1) is 11.0. The molecular formula is C9H14ClN3O. The lowest BCUT2D eigenvalue weighted by Crippen LogP contribution is -2.19. The molecule has 0 spiro atoms. The Labute approximate surface area is 87.5 Å². The Morgan fingerprint density at radius 1 is 1.64 bits per heavy atom. The second-order valence-corrected chi connectivity index (χ2v) is 3.84. The molecule has 0 amide bonds. The van der Waals surface area contributed by atoms with Crippen molar-refractivity contribution >= 4 is 17.4 Å². The Morgan fingerprint density at radius 3 is 2.71 bits per heavy atom. The summed E-state index contributed by atoms with van der Waals surface area (Å²) in [5.74, 6) is 0.715. The van der Waals surface area contributed by atoms with Crippen molar-refractivity contribution in [2.24, 2.45) is 0 Å². The van der Waals surface area contributed by atoms with Crippen LogP contribution in [-0.4, -0.2) is 9.97 Å². The van der Waals surface area contributed by atoms with E-state index < -0.39 is 0 Å². The van der Waals surface area contributed by atoms with Crippen molar-refractivity contribution in [3.8, 4) is 0 Å². The van der Waals surface area contributed by atoms with Crippen molar-refractivity contribution < 1.29 is 0 Å². The third kappa shape index (κ3) is 2.26. The van der Waals surface area contributed by atoms with Crippen molar-refractivity contribution in [3.05, 3.63) is 21.7 Å². The minimum Gasteiger partial charge on any atom is -0.383 e. The highest BCUT2D eigenvalue weighted by Gasteiger charge is 2.10. The fourth-order valence-corrected chi connectivity index (χ4v) is 1.32. The number of nitrogens with one attached hydrogen (secondary N) is 1. The summed E-state index contributed by atoms with van der Waals surface area (Å²) in [6.07, 6.45) is 1.51. The van der Waals surface area contributed by atoms with Gasteiger partial charge in [0.15, 0.2) is 0 Å². The molecule has 1 heterocycles. The first-order valence-electron chi connectivity index (χ1n) is 4.58. The lowest BCUT2D eigenvalue weighted by molar-refractivity contribution is 0.844. The van der Waals surface area contributed by atoms with Gasteiger partial charge in [0.2, 0.25) is 0 Å². The van der Waals surface area contributed by atoms with Crippen molar-refractivity contribution in [1.82, 2.24) is 9.97 Å². The molecule has 4 nitrogen and oxygen atoms in total. The lowest BCUT2D eigenvalue weighted by atomic mass is 10.2. The van der Waals surface area contributed by atoms with E-state index >= 15 is 0 Å². The lowest BCUT2D eigenvalue weighted by Gasteiger charge is -2.06. The zero-order chi connectivity index (χ0) is 10.7. The van der Waals surface area contributed by atoms with Crippen LogP contribution < -0.4 is 11.3 Å². The smallest absolute Gasteiger partial charge is 0.256 e. The van der Waals surface area contributed by atoms with Crippen molar-refractivity contribution in [1.29, 1.82) is 0 Å². The summed E-state index contributed by atoms with van der Waals surface area (Å²) in [5, 5.41) is -0.333. The van der Waals surface area contributed by atoms with Crippen LogP contribution in [0.15, 0.2) is 4.79 Å².